The number of rotatable bonds is 6. The van der Waals surface area contributed by atoms with Crippen molar-refractivity contribution in [3.63, 3.8) is 0 Å². The van der Waals surface area contributed by atoms with E-state index >= 15 is 0 Å². The SMILES string of the molecule is CCNC(c1cncnc1)C(C)(C)OCC. The number of nitrogens with one attached hydrogen (secondary N) is 1. The van der Waals surface area contributed by atoms with Gasteiger partial charge in [-0.2, -0.15) is 0 Å². The van der Waals surface area contributed by atoms with Crippen LogP contribution in [0.5, 0.6) is 0 Å². The van der Waals surface area contributed by atoms with Crippen molar-refractivity contribution in [2.24, 2.45) is 0 Å². The van der Waals surface area contributed by atoms with E-state index in [1.807, 2.05) is 19.3 Å². The molecule has 4 nitrogen and oxygen atoms in total. The fourth-order valence-electron chi connectivity index (χ4n) is 1.88. The van der Waals surface area contributed by atoms with Gasteiger partial charge in [0.15, 0.2) is 0 Å². The molecule has 90 valence electrons. The molecule has 1 heterocycles. The van der Waals surface area contributed by atoms with Gasteiger partial charge in [0, 0.05) is 24.6 Å². The zero-order valence-electron chi connectivity index (χ0n) is 10.5. The number of nitrogens with zero attached hydrogens (tertiary/aromatic N) is 2. The first-order valence-corrected chi connectivity index (χ1v) is 5.74. The van der Waals surface area contributed by atoms with Crippen molar-refractivity contribution in [2.75, 3.05) is 13.2 Å². The Kier molecular flexibility index (Phi) is 4.83. The van der Waals surface area contributed by atoms with E-state index in [9.17, 15) is 0 Å². The number of likely N-dealkylation sites (N-methyl/N-ethyl adjacent to an activating group) is 1. The average Bonchev–Trinajstić information content (AvgIpc) is 2.27. The van der Waals surface area contributed by atoms with Gasteiger partial charge in [-0.15, -0.1) is 0 Å². The van der Waals surface area contributed by atoms with Gasteiger partial charge in [0.05, 0.1) is 11.6 Å². The smallest absolute Gasteiger partial charge is 0.115 e. The molecule has 0 spiro atoms. The third-order valence-corrected chi connectivity index (χ3v) is 2.53. The summed E-state index contributed by atoms with van der Waals surface area (Å²) in [5.74, 6) is 0. The van der Waals surface area contributed by atoms with Gasteiger partial charge in [0.2, 0.25) is 0 Å². The first kappa shape index (κ1) is 13.1. The van der Waals surface area contributed by atoms with Crippen LogP contribution >= 0.6 is 0 Å². The summed E-state index contributed by atoms with van der Waals surface area (Å²) in [6.45, 7) is 9.83. The fraction of sp³-hybridized carbons (Fsp3) is 0.667. The zero-order valence-corrected chi connectivity index (χ0v) is 10.5. The van der Waals surface area contributed by atoms with Gasteiger partial charge in [-0.25, -0.2) is 9.97 Å². The Morgan fingerprint density at radius 1 is 1.31 bits per heavy atom. The number of ether oxygens (including phenoxy) is 1. The monoisotopic (exact) mass is 223 g/mol. The van der Waals surface area contributed by atoms with Crippen LogP contribution in [0.2, 0.25) is 0 Å². The van der Waals surface area contributed by atoms with Crippen molar-refractivity contribution in [1.29, 1.82) is 0 Å². The Morgan fingerprint density at radius 3 is 2.44 bits per heavy atom. The Hall–Kier alpha value is -1.00. The van der Waals surface area contributed by atoms with Crippen LogP contribution < -0.4 is 5.32 Å². The molecule has 0 saturated heterocycles. The van der Waals surface area contributed by atoms with Gasteiger partial charge in [-0.1, -0.05) is 6.92 Å². The average molecular weight is 223 g/mol. The van der Waals surface area contributed by atoms with Crippen LogP contribution in [-0.4, -0.2) is 28.7 Å². The second-order valence-corrected chi connectivity index (χ2v) is 4.20. The van der Waals surface area contributed by atoms with E-state index in [2.05, 4.69) is 36.1 Å². The molecule has 1 N–H and O–H groups in total. The lowest BCUT2D eigenvalue weighted by Gasteiger charge is -2.34. The maximum atomic E-state index is 5.78. The number of hydrogen-bond acceptors (Lipinski definition) is 4. The molecule has 0 bridgehead atoms. The first-order chi connectivity index (χ1) is 7.61. The minimum atomic E-state index is -0.268. The molecule has 0 fully saturated rings. The number of hydrogen-bond donors (Lipinski definition) is 1. The highest BCUT2D eigenvalue weighted by molar-refractivity contribution is 5.13. The molecule has 0 aliphatic carbocycles. The molecule has 1 aromatic heterocycles. The van der Waals surface area contributed by atoms with Crippen LogP contribution in [0.25, 0.3) is 0 Å². The van der Waals surface area contributed by atoms with Gasteiger partial charge < -0.3 is 10.1 Å². The molecule has 0 aromatic carbocycles. The summed E-state index contributed by atoms with van der Waals surface area (Å²) in [6, 6.07) is 0.110. The maximum absolute atomic E-state index is 5.78. The summed E-state index contributed by atoms with van der Waals surface area (Å²) in [6.07, 6.45) is 5.21. The summed E-state index contributed by atoms with van der Waals surface area (Å²) < 4.78 is 5.78. The predicted molar refractivity (Wildman–Crippen MR) is 64.2 cm³/mol. The molecule has 0 aliphatic heterocycles. The van der Waals surface area contributed by atoms with E-state index in [1.165, 1.54) is 0 Å². The molecular weight excluding hydrogens is 202 g/mol. The highest BCUT2D eigenvalue weighted by Gasteiger charge is 2.31. The second-order valence-electron chi connectivity index (χ2n) is 4.20. The normalized spacial score (nSPS) is 13.8. The molecule has 0 radical (unpaired) electrons. The molecule has 0 amide bonds. The van der Waals surface area contributed by atoms with Crippen molar-refractivity contribution >= 4 is 0 Å². The van der Waals surface area contributed by atoms with Gasteiger partial charge in [0.1, 0.15) is 6.33 Å². The van der Waals surface area contributed by atoms with E-state index in [0.29, 0.717) is 6.61 Å². The van der Waals surface area contributed by atoms with Crippen LogP contribution in [0.4, 0.5) is 0 Å². The number of aromatic nitrogens is 2. The van der Waals surface area contributed by atoms with E-state index in [1.54, 1.807) is 6.33 Å². The Labute approximate surface area is 97.5 Å². The first-order valence-electron chi connectivity index (χ1n) is 5.74. The molecular formula is C12H21N3O. The van der Waals surface area contributed by atoms with Crippen LogP contribution in [0.15, 0.2) is 18.7 Å². The largest absolute Gasteiger partial charge is 0.374 e. The van der Waals surface area contributed by atoms with Gasteiger partial charge in [-0.05, 0) is 27.3 Å². The molecule has 1 unspecified atom stereocenters. The van der Waals surface area contributed by atoms with Crippen molar-refractivity contribution in [2.45, 2.75) is 39.3 Å². The third-order valence-electron chi connectivity index (χ3n) is 2.53. The van der Waals surface area contributed by atoms with Crippen LogP contribution in [0.1, 0.15) is 39.3 Å². The van der Waals surface area contributed by atoms with Gasteiger partial charge >= 0.3 is 0 Å². The Balaban J connectivity index is 2.90. The van der Waals surface area contributed by atoms with Crippen molar-refractivity contribution in [3.8, 4) is 0 Å². The summed E-state index contributed by atoms with van der Waals surface area (Å²) in [5.41, 5.74) is 0.790. The van der Waals surface area contributed by atoms with Crippen molar-refractivity contribution in [1.82, 2.24) is 15.3 Å². The lowest BCUT2D eigenvalue weighted by atomic mass is 9.93. The summed E-state index contributed by atoms with van der Waals surface area (Å²) >= 11 is 0. The third kappa shape index (κ3) is 3.25. The molecule has 1 aromatic rings. The quantitative estimate of drug-likeness (QED) is 0.800. The maximum Gasteiger partial charge on any atom is 0.115 e. The molecule has 1 rings (SSSR count). The summed E-state index contributed by atoms with van der Waals surface area (Å²) in [7, 11) is 0. The lowest BCUT2D eigenvalue weighted by Crippen LogP contribution is -2.41. The predicted octanol–water partition coefficient (Wildman–Crippen LogP) is 1.94. The summed E-state index contributed by atoms with van der Waals surface area (Å²) in [5, 5.41) is 3.42. The second kappa shape index (κ2) is 5.92. The van der Waals surface area contributed by atoms with E-state index in [-0.39, 0.29) is 11.6 Å². The summed E-state index contributed by atoms with van der Waals surface area (Å²) in [4.78, 5) is 8.11. The van der Waals surface area contributed by atoms with Crippen LogP contribution in [-0.2, 0) is 4.74 Å². The van der Waals surface area contributed by atoms with Gasteiger partial charge in [-0.3, -0.25) is 0 Å². The van der Waals surface area contributed by atoms with Crippen LogP contribution in [0.3, 0.4) is 0 Å². The topological polar surface area (TPSA) is 47.0 Å². The minimum absolute atomic E-state index is 0.110. The van der Waals surface area contributed by atoms with E-state index < -0.39 is 0 Å². The zero-order chi connectivity index (χ0) is 12.0. The van der Waals surface area contributed by atoms with Crippen LogP contribution in [0, 0.1) is 0 Å². The standard InChI is InChI=1S/C12H21N3O/c1-5-15-11(12(3,4)16-6-2)10-7-13-9-14-8-10/h7-9,11,15H,5-6H2,1-4H3. The fourth-order valence-corrected chi connectivity index (χ4v) is 1.88. The highest BCUT2D eigenvalue weighted by Crippen LogP contribution is 2.27. The van der Waals surface area contributed by atoms with Gasteiger partial charge in [0.25, 0.3) is 0 Å². The lowest BCUT2D eigenvalue weighted by molar-refractivity contribution is -0.0390. The molecule has 0 saturated carbocycles. The van der Waals surface area contributed by atoms with Crippen molar-refractivity contribution < 1.29 is 4.74 Å². The van der Waals surface area contributed by atoms with E-state index in [4.69, 9.17) is 4.74 Å². The highest BCUT2D eigenvalue weighted by atomic mass is 16.5. The van der Waals surface area contributed by atoms with Crippen molar-refractivity contribution in [3.05, 3.63) is 24.3 Å². The Morgan fingerprint density at radius 2 is 1.94 bits per heavy atom. The minimum Gasteiger partial charge on any atom is -0.374 e. The molecule has 4 heteroatoms. The Bertz CT molecular complexity index is 300. The van der Waals surface area contributed by atoms with E-state index in [0.717, 1.165) is 12.1 Å². The molecule has 1 atom stereocenters. The molecule has 16 heavy (non-hydrogen) atoms. The molecule has 0 aliphatic rings.